The monoisotopic (exact) mass is 580 g/mol. The number of para-hydroxylation sites is 1. The Morgan fingerprint density at radius 2 is 1.34 bits per heavy atom. The topological polar surface area (TPSA) is 42.3 Å². The molecular weight excluding hydrogens is 551 g/mol. The van der Waals surface area contributed by atoms with Crippen LogP contribution in [0.25, 0.3) is 10.9 Å². The number of hydrogen-bond acceptors (Lipinski definition) is 3. The maximum absolute atomic E-state index is 13.8. The summed E-state index contributed by atoms with van der Waals surface area (Å²) in [6, 6.07) is 24.4. The summed E-state index contributed by atoms with van der Waals surface area (Å²) in [5.41, 5.74) is 8.15. The molecule has 4 aromatic rings. The number of Topliss-reactive ketones (excluding diaryl/α,β-unsaturated/α-hetero) is 2. The molecule has 0 unspecified atom stereocenters. The lowest BCUT2D eigenvalue weighted by atomic mass is 9.71. The SMILES string of the molecule is O=C1CCCC2=C1C(c1cn(Cc3ccc(Cl)c(Cl)c3)c3ccccc13)C1=C(CCCC1=O)N2Cc1ccccc1. The van der Waals surface area contributed by atoms with Crippen molar-refractivity contribution in [1.29, 1.82) is 0 Å². The van der Waals surface area contributed by atoms with E-state index in [4.69, 9.17) is 23.2 Å². The Bertz CT molecular complexity index is 1720. The third-order valence-electron chi connectivity index (χ3n) is 8.74. The van der Waals surface area contributed by atoms with Crippen LogP contribution < -0.4 is 0 Å². The highest BCUT2D eigenvalue weighted by molar-refractivity contribution is 6.42. The Morgan fingerprint density at radius 3 is 2.02 bits per heavy atom. The summed E-state index contributed by atoms with van der Waals surface area (Å²) < 4.78 is 2.21. The lowest BCUT2D eigenvalue weighted by molar-refractivity contribution is -0.117. The second kappa shape index (κ2) is 10.7. The Hall–Kier alpha value is -3.60. The van der Waals surface area contributed by atoms with Gasteiger partial charge in [0.2, 0.25) is 0 Å². The van der Waals surface area contributed by atoms with Gasteiger partial charge in [0.1, 0.15) is 0 Å². The summed E-state index contributed by atoms with van der Waals surface area (Å²) in [6.45, 7) is 1.27. The van der Waals surface area contributed by atoms with Crippen LogP contribution in [0.4, 0.5) is 0 Å². The fraction of sp³-hybridized carbons (Fsp3) is 0.257. The van der Waals surface area contributed by atoms with Gasteiger partial charge in [-0.15, -0.1) is 0 Å². The van der Waals surface area contributed by atoms with Gasteiger partial charge in [-0.2, -0.15) is 0 Å². The standard InChI is InChI=1S/C35H30Cl2N2O2/c36-26-17-16-23(18-27(26)37)19-38-21-25(24-10-4-5-11-28(24)38)33-34-29(12-6-14-31(34)40)39(20-22-8-2-1-3-9-22)30-13-7-15-32(41)35(30)33/h1-5,8-11,16-18,21,33H,6-7,12-15,19-20H2. The zero-order valence-corrected chi connectivity index (χ0v) is 24.2. The fourth-order valence-electron chi connectivity index (χ4n) is 6.96. The normalized spacial score (nSPS) is 17.9. The molecule has 1 aromatic heterocycles. The van der Waals surface area contributed by atoms with Gasteiger partial charge in [-0.25, -0.2) is 0 Å². The Kier molecular flexibility index (Phi) is 6.84. The lowest BCUT2D eigenvalue weighted by Gasteiger charge is -2.44. The van der Waals surface area contributed by atoms with Crippen LogP contribution >= 0.6 is 23.2 Å². The molecule has 3 aliphatic rings. The third kappa shape index (κ3) is 4.64. The molecule has 3 aromatic carbocycles. The molecule has 0 fully saturated rings. The number of rotatable bonds is 5. The van der Waals surface area contributed by atoms with Crippen LogP contribution in [0, 0.1) is 0 Å². The van der Waals surface area contributed by atoms with Crippen LogP contribution in [0.2, 0.25) is 10.0 Å². The average Bonchev–Trinajstić information content (AvgIpc) is 3.34. The highest BCUT2D eigenvalue weighted by Gasteiger charge is 2.44. The zero-order valence-electron chi connectivity index (χ0n) is 22.7. The Balaban J connectivity index is 1.42. The number of allylic oxidation sites excluding steroid dienone is 4. The van der Waals surface area contributed by atoms with Crippen molar-refractivity contribution in [3.8, 4) is 0 Å². The van der Waals surface area contributed by atoms with Crippen LogP contribution in [0.1, 0.15) is 61.1 Å². The van der Waals surface area contributed by atoms with E-state index < -0.39 is 0 Å². The molecule has 7 rings (SSSR count). The van der Waals surface area contributed by atoms with E-state index in [-0.39, 0.29) is 17.5 Å². The molecular formula is C35H30Cl2N2O2. The number of ketones is 2. The molecule has 0 saturated heterocycles. The predicted molar refractivity (Wildman–Crippen MR) is 164 cm³/mol. The van der Waals surface area contributed by atoms with Crippen molar-refractivity contribution in [1.82, 2.24) is 9.47 Å². The maximum atomic E-state index is 13.8. The largest absolute Gasteiger partial charge is 0.343 e. The van der Waals surface area contributed by atoms with Crippen molar-refractivity contribution in [3.05, 3.63) is 128 Å². The highest BCUT2D eigenvalue weighted by Crippen LogP contribution is 2.51. The van der Waals surface area contributed by atoms with E-state index in [1.807, 2.05) is 48.5 Å². The minimum Gasteiger partial charge on any atom is -0.343 e. The van der Waals surface area contributed by atoms with Crippen molar-refractivity contribution in [3.63, 3.8) is 0 Å². The number of nitrogens with zero attached hydrogens (tertiary/aromatic N) is 2. The third-order valence-corrected chi connectivity index (χ3v) is 9.48. The van der Waals surface area contributed by atoms with E-state index >= 15 is 0 Å². The average molecular weight is 582 g/mol. The van der Waals surface area contributed by atoms with Gasteiger partial charge >= 0.3 is 0 Å². The first kappa shape index (κ1) is 26.3. The molecule has 0 amide bonds. The summed E-state index contributed by atoms with van der Waals surface area (Å²) in [7, 11) is 0. The van der Waals surface area contributed by atoms with Gasteiger partial charge in [0.15, 0.2) is 11.6 Å². The van der Waals surface area contributed by atoms with Gasteiger partial charge in [0.25, 0.3) is 0 Å². The second-order valence-corrected chi connectivity index (χ2v) is 12.1. The fourth-order valence-corrected chi connectivity index (χ4v) is 7.28. The van der Waals surface area contributed by atoms with Gasteiger partial charge in [-0.1, -0.05) is 77.8 Å². The van der Waals surface area contributed by atoms with Crippen LogP contribution in [0.3, 0.4) is 0 Å². The van der Waals surface area contributed by atoms with Gasteiger partial charge in [-0.05, 0) is 60.6 Å². The van der Waals surface area contributed by atoms with Crippen molar-refractivity contribution in [2.45, 2.75) is 57.5 Å². The predicted octanol–water partition coefficient (Wildman–Crippen LogP) is 8.61. The van der Waals surface area contributed by atoms with E-state index in [0.717, 1.165) is 70.3 Å². The molecule has 0 saturated carbocycles. The number of carbonyl (C=O) groups excluding carboxylic acids is 2. The molecule has 0 bridgehead atoms. The lowest BCUT2D eigenvalue weighted by Crippen LogP contribution is -2.38. The molecule has 0 spiro atoms. The molecule has 0 atom stereocenters. The van der Waals surface area contributed by atoms with Gasteiger partial charge in [0, 0.05) is 71.5 Å². The summed E-state index contributed by atoms with van der Waals surface area (Å²) in [5, 5.41) is 2.13. The van der Waals surface area contributed by atoms with E-state index in [1.54, 1.807) is 0 Å². The summed E-state index contributed by atoms with van der Waals surface area (Å²) in [6.07, 6.45) is 6.56. The molecule has 206 valence electrons. The summed E-state index contributed by atoms with van der Waals surface area (Å²) >= 11 is 12.5. The minimum atomic E-state index is -0.354. The van der Waals surface area contributed by atoms with Crippen LogP contribution in [0.5, 0.6) is 0 Å². The van der Waals surface area contributed by atoms with Crippen LogP contribution in [0.15, 0.2) is 102 Å². The Morgan fingerprint density at radius 1 is 0.683 bits per heavy atom. The van der Waals surface area contributed by atoms with Crippen LogP contribution in [-0.4, -0.2) is 21.0 Å². The van der Waals surface area contributed by atoms with Crippen molar-refractivity contribution in [2.75, 3.05) is 0 Å². The molecule has 1 aliphatic heterocycles. The molecule has 0 N–H and O–H groups in total. The van der Waals surface area contributed by atoms with E-state index in [2.05, 4.69) is 39.9 Å². The Labute approximate surface area is 249 Å². The van der Waals surface area contributed by atoms with Gasteiger partial charge in [-0.3, -0.25) is 9.59 Å². The van der Waals surface area contributed by atoms with Crippen LogP contribution in [-0.2, 0) is 22.7 Å². The molecule has 2 aliphatic carbocycles. The van der Waals surface area contributed by atoms with E-state index in [1.165, 1.54) is 5.56 Å². The van der Waals surface area contributed by atoms with E-state index in [0.29, 0.717) is 36.0 Å². The molecule has 0 radical (unpaired) electrons. The summed E-state index contributed by atoms with van der Waals surface area (Å²) in [5.74, 6) is -0.0197. The number of aromatic nitrogens is 1. The quantitative estimate of drug-likeness (QED) is 0.237. The van der Waals surface area contributed by atoms with E-state index in [9.17, 15) is 9.59 Å². The van der Waals surface area contributed by atoms with Gasteiger partial charge in [0.05, 0.1) is 10.0 Å². The summed E-state index contributed by atoms with van der Waals surface area (Å²) in [4.78, 5) is 30.0. The number of halogens is 2. The molecule has 4 nitrogen and oxygen atoms in total. The molecule has 2 heterocycles. The van der Waals surface area contributed by atoms with Crippen molar-refractivity contribution in [2.24, 2.45) is 0 Å². The first-order valence-corrected chi connectivity index (χ1v) is 15.1. The maximum Gasteiger partial charge on any atom is 0.161 e. The smallest absolute Gasteiger partial charge is 0.161 e. The van der Waals surface area contributed by atoms with Gasteiger partial charge < -0.3 is 9.47 Å². The first-order chi connectivity index (χ1) is 20.0. The van der Waals surface area contributed by atoms with Crippen molar-refractivity contribution < 1.29 is 9.59 Å². The minimum absolute atomic E-state index is 0.167. The first-order valence-electron chi connectivity index (χ1n) is 14.3. The molecule has 41 heavy (non-hydrogen) atoms. The zero-order chi connectivity index (χ0) is 28.1. The molecule has 6 heteroatoms. The second-order valence-electron chi connectivity index (χ2n) is 11.3. The number of carbonyl (C=O) groups is 2. The highest BCUT2D eigenvalue weighted by atomic mass is 35.5. The van der Waals surface area contributed by atoms with Crippen molar-refractivity contribution >= 4 is 45.7 Å². The number of hydrogen-bond donors (Lipinski definition) is 0. The number of fused-ring (bicyclic) bond motifs is 1. The number of benzene rings is 3.